The molecule has 0 spiro atoms. The molecule has 0 N–H and O–H groups in total. The van der Waals surface area contributed by atoms with Gasteiger partial charge in [0, 0.05) is 24.2 Å². The average molecular weight is 482 g/mol. The first-order valence-electron chi connectivity index (χ1n) is 12.7. The molecule has 1 aliphatic carbocycles. The van der Waals surface area contributed by atoms with Crippen LogP contribution in [0, 0.1) is 0 Å². The van der Waals surface area contributed by atoms with Gasteiger partial charge < -0.3 is 9.47 Å². The first-order valence-corrected chi connectivity index (χ1v) is 12.7. The number of hydrogen-bond donors (Lipinski definition) is 0. The van der Waals surface area contributed by atoms with Crippen molar-refractivity contribution in [1.29, 1.82) is 0 Å². The predicted molar refractivity (Wildman–Crippen MR) is 133 cm³/mol. The highest BCUT2D eigenvalue weighted by molar-refractivity contribution is 5.87. The van der Waals surface area contributed by atoms with Crippen molar-refractivity contribution < 1.29 is 23.3 Å². The van der Waals surface area contributed by atoms with Crippen LogP contribution in [0.3, 0.4) is 0 Å². The van der Waals surface area contributed by atoms with E-state index in [4.69, 9.17) is 9.47 Å². The summed E-state index contributed by atoms with van der Waals surface area (Å²) in [5, 5.41) is 0. The number of allylic oxidation sites excluding steroid dienone is 1. The first kappa shape index (κ1) is 24.0. The van der Waals surface area contributed by atoms with Crippen molar-refractivity contribution in [3.8, 4) is 11.5 Å². The van der Waals surface area contributed by atoms with Gasteiger partial charge >= 0.3 is 0 Å². The fourth-order valence-corrected chi connectivity index (χ4v) is 5.54. The molecule has 2 aliphatic heterocycles. The topological polar surface area (TPSA) is 30.9 Å². The van der Waals surface area contributed by atoms with Crippen molar-refractivity contribution in [2.45, 2.75) is 44.6 Å². The van der Waals surface area contributed by atoms with Gasteiger partial charge in [-0.15, -0.1) is 0 Å². The number of rotatable bonds is 8. The molecular weight excluding hydrogens is 448 g/mol. The predicted octanol–water partition coefficient (Wildman–Crippen LogP) is 6.25. The quantitative estimate of drug-likeness (QED) is 0.446. The first-order chi connectivity index (χ1) is 17.2. The van der Waals surface area contributed by atoms with Crippen LogP contribution in [0.2, 0.25) is 0 Å². The number of halogens is 2. The molecule has 0 unspecified atom stereocenters. The highest BCUT2D eigenvalue weighted by Crippen LogP contribution is 2.41. The molecule has 1 fully saturated rings. The lowest BCUT2D eigenvalue weighted by atomic mass is 9.86. The Kier molecular flexibility index (Phi) is 7.79. The standard InChI is InChI=1S/C29H33F2NO3/c30-14-2-15-32-16-11-26(20-32)34-24-7-5-22(6-8-24)29-27(21-12-17-33-18-13-21)4-1-3-23-19-25(35-31)9-10-28(23)29/h5-10,12,19,26H,1-4,11,13-18,20H2/t26-/m0/s1. The molecule has 1 saturated heterocycles. The fraction of sp³-hybridized carbons (Fsp3) is 0.448. The van der Waals surface area contributed by atoms with Gasteiger partial charge in [0.1, 0.15) is 11.9 Å². The number of ether oxygens (including phenoxy) is 2. The zero-order valence-corrected chi connectivity index (χ0v) is 20.1. The molecule has 6 heteroatoms. The van der Waals surface area contributed by atoms with Crippen LogP contribution in [0.15, 0.2) is 59.7 Å². The van der Waals surface area contributed by atoms with E-state index in [-0.39, 0.29) is 18.5 Å². The molecule has 35 heavy (non-hydrogen) atoms. The second-order valence-corrected chi connectivity index (χ2v) is 9.55. The second kappa shape index (κ2) is 11.4. The molecule has 0 radical (unpaired) electrons. The van der Waals surface area contributed by atoms with Crippen molar-refractivity contribution in [2.75, 3.05) is 39.5 Å². The molecule has 3 aliphatic rings. The van der Waals surface area contributed by atoms with Gasteiger partial charge in [-0.1, -0.05) is 24.3 Å². The Morgan fingerprint density at radius 1 is 1.03 bits per heavy atom. The fourth-order valence-electron chi connectivity index (χ4n) is 5.54. The lowest BCUT2D eigenvalue weighted by molar-refractivity contribution is -0.00629. The molecule has 4 nitrogen and oxygen atoms in total. The molecule has 0 aromatic heterocycles. The van der Waals surface area contributed by atoms with Crippen LogP contribution < -0.4 is 9.68 Å². The molecule has 186 valence electrons. The van der Waals surface area contributed by atoms with E-state index in [1.54, 1.807) is 6.07 Å². The third-order valence-corrected chi connectivity index (χ3v) is 7.24. The molecule has 2 aromatic rings. The summed E-state index contributed by atoms with van der Waals surface area (Å²) in [4.78, 5) is 6.30. The van der Waals surface area contributed by atoms with Gasteiger partial charge in [-0.3, -0.25) is 14.2 Å². The van der Waals surface area contributed by atoms with Crippen molar-refractivity contribution in [3.05, 3.63) is 76.4 Å². The van der Waals surface area contributed by atoms with E-state index in [1.807, 2.05) is 24.3 Å². The highest BCUT2D eigenvalue weighted by Gasteiger charge is 2.25. The van der Waals surface area contributed by atoms with Crippen LogP contribution in [-0.2, 0) is 11.2 Å². The van der Waals surface area contributed by atoms with E-state index < -0.39 is 0 Å². The smallest absolute Gasteiger partial charge is 0.172 e. The van der Waals surface area contributed by atoms with E-state index in [1.165, 1.54) is 16.7 Å². The normalized spacial score (nSPS) is 20.9. The van der Waals surface area contributed by atoms with Crippen LogP contribution in [0.25, 0.3) is 5.57 Å². The number of alkyl halides is 1. The molecular formula is C29H33F2NO3. The largest absolute Gasteiger partial charge is 0.489 e. The van der Waals surface area contributed by atoms with Gasteiger partial charge in [0.25, 0.3) is 0 Å². The molecule has 2 aromatic carbocycles. The van der Waals surface area contributed by atoms with E-state index in [0.29, 0.717) is 13.0 Å². The summed E-state index contributed by atoms with van der Waals surface area (Å²) < 4.78 is 37.2. The summed E-state index contributed by atoms with van der Waals surface area (Å²) in [6.45, 7) is 3.71. The van der Waals surface area contributed by atoms with Gasteiger partial charge in [-0.25, -0.2) is 0 Å². The third kappa shape index (κ3) is 5.60. The van der Waals surface area contributed by atoms with Gasteiger partial charge in [-0.05, 0) is 96.2 Å². The molecule has 1 atom stereocenters. The van der Waals surface area contributed by atoms with Crippen LogP contribution in [0.1, 0.15) is 48.8 Å². The van der Waals surface area contributed by atoms with Crippen molar-refractivity contribution >= 4 is 5.57 Å². The summed E-state index contributed by atoms with van der Waals surface area (Å²) in [7, 11) is 0. The van der Waals surface area contributed by atoms with Crippen molar-refractivity contribution in [1.82, 2.24) is 4.90 Å². The summed E-state index contributed by atoms with van der Waals surface area (Å²) in [5.41, 5.74) is 7.29. The van der Waals surface area contributed by atoms with Gasteiger partial charge in [-0.2, -0.15) is 0 Å². The number of aryl methyl sites for hydroxylation is 1. The summed E-state index contributed by atoms with van der Waals surface area (Å²) in [6, 6.07) is 13.9. The number of fused-ring (bicyclic) bond motifs is 1. The van der Waals surface area contributed by atoms with Crippen LogP contribution in [0.4, 0.5) is 8.92 Å². The van der Waals surface area contributed by atoms with E-state index in [9.17, 15) is 8.92 Å². The minimum Gasteiger partial charge on any atom is -0.489 e. The Hall–Kier alpha value is -2.70. The maximum atomic E-state index is 12.9. The van der Waals surface area contributed by atoms with Gasteiger partial charge in [0.15, 0.2) is 5.75 Å². The maximum Gasteiger partial charge on any atom is 0.172 e. The minimum atomic E-state index is -0.267. The number of nitrogens with zero attached hydrogens (tertiary/aromatic N) is 1. The summed E-state index contributed by atoms with van der Waals surface area (Å²) >= 11 is 0. The van der Waals surface area contributed by atoms with Gasteiger partial charge in [0.05, 0.1) is 19.9 Å². The Morgan fingerprint density at radius 3 is 2.66 bits per heavy atom. The second-order valence-electron chi connectivity index (χ2n) is 9.55. The minimum absolute atomic E-state index is 0.139. The van der Waals surface area contributed by atoms with Crippen molar-refractivity contribution in [3.63, 3.8) is 0 Å². The Labute approximate surface area is 206 Å². The average Bonchev–Trinajstić information content (AvgIpc) is 3.26. The molecule has 2 heterocycles. The lowest BCUT2D eigenvalue weighted by Crippen LogP contribution is -2.26. The molecule has 0 amide bonds. The van der Waals surface area contributed by atoms with Crippen LogP contribution >= 0.6 is 0 Å². The summed E-state index contributed by atoms with van der Waals surface area (Å²) in [5.74, 6) is 1.10. The highest BCUT2D eigenvalue weighted by atomic mass is 19.3. The zero-order valence-electron chi connectivity index (χ0n) is 20.1. The monoisotopic (exact) mass is 481 g/mol. The van der Waals surface area contributed by atoms with Crippen LogP contribution in [-0.4, -0.2) is 50.5 Å². The molecule has 0 bridgehead atoms. The Bertz CT molecular complexity index is 1080. The Morgan fingerprint density at radius 2 is 1.89 bits per heavy atom. The maximum absolute atomic E-state index is 12.9. The molecule has 5 rings (SSSR count). The SMILES string of the molecule is FCCCN1CC[C@H](Oc2ccc(C3=C(C4=CCOCC4)CCCc4cc(OF)ccc43)cc2)C1. The number of likely N-dealkylation sites (tertiary alicyclic amines) is 1. The zero-order chi connectivity index (χ0) is 24.0. The van der Waals surface area contributed by atoms with Crippen LogP contribution in [0.5, 0.6) is 11.5 Å². The van der Waals surface area contributed by atoms with Crippen molar-refractivity contribution in [2.24, 2.45) is 0 Å². The van der Waals surface area contributed by atoms with E-state index >= 15 is 0 Å². The molecule has 0 saturated carbocycles. The number of hydrogen-bond acceptors (Lipinski definition) is 4. The summed E-state index contributed by atoms with van der Waals surface area (Å²) in [6.07, 6.45) is 7.65. The Balaban J connectivity index is 1.43. The third-order valence-electron chi connectivity index (χ3n) is 7.24. The lowest BCUT2D eigenvalue weighted by Gasteiger charge is -2.21. The van der Waals surface area contributed by atoms with E-state index in [2.05, 4.69) is 28.1 Å². The number of benzene rings is 2. The van der Waals surface area contributed by atoms with Gasteiger partial charge in [0.2, 0.25) is 0 Å². The van der Waals surface area contributed by atoms with E-state index in [0.717, 1.165) is 80.8 Å².